The third-order valence-corrected chi connectivity index (χ3v) is 6.32. The summed E-state index contributed by atoms with van der Waals surface area (Å²) in [6.07, 6.45) is 0. The molecule has 174 valence electrons. The number of benzene rings is 2. The Balaban J connectivity index is 1.75. The van der Waals surface area contributed by atoms with E-state index in [2.05, 4.69) is 0 Å². The molecule has 8 nitrogen and oxygen atoms in total. The van der Waals surface area contributed by atoms with E-state index in [4.69, 9.17) is 9.47 Å². The van der Waals surface area contributed by atoms with Gasteiger partial charge in [0.15, 0.2) is 0 Å². The molecule has 2 aromatic rings. The maximum atomic E-state index is 13.6. The van der Waals surface area contributed by atoms with Crippen molar-refractivity contribution in [1.29, 1.82) is 0 Å². The summed E-state index contributed by atoms with van der Waals surface area (Å²) < 4.78 is 10.6. The molecule has 8 heteroatoms. The molecule has 0 aromatic heterocycles. The molecule has 2 aromatic carbocycles. The average molecular weight is 453 g/mol. The lowest BCUT2D eigenvalue weighted by Crippen LogP contribution is -3.14. The van der Waals surface area contributed by atoms with Crippen LogP contribution < -0.4 is 14.7 Å². The SMILES string of the molecule is COc1ccc(/C([O-])=C2\C(=O)C(=O)N(CC[NH+]3CCOCC3)C2c2ccc(O)cc2)c(C)c1. The molecule has 0 saturated carbocycles. The van der Waals surface area contributed by atoms with Crippen molar-refractivity contribution >= 4 is 17.4 Å². The Kier molecular flexibility index (Phi) is 6.67. The minimum atomic E-state index is -0.806. The predicted molar refractivity (Wildman–Crippen MR) is 119 cm³/mol. The number of morpholine rings is 1. The first kappa shape index (κ1) is 22.8. The van der Waals surface area contributed by atoms with E-state index in [1.165, 1.54) is 21.9 Å². The van der Waals surface area contributed by atoms with E-state index in [-0.39, 0.29) is 11.3 Å². The summed E-state index contributed by atoms with van der Waals surface area (Å²) in [7, 11) is 1.54. The maximum absolute atomic E-state index is 13.6. The molecule has 0 radical (unpaired) electrons. The van der Waals surface area contributed by atoms with Gasteiger partial charge in [0, 0.05) is 5.57 Å². The molecule has 0 spiro atoms. The highest BCUT2D eigenvalue weighted by atomic mass is 16.5. The number of rotatable bonds is 6. The third kappa shape index (κ3) is 4.58. The fourth-order valence-electron chi connectivity index (χ4n) is 4.46. The molecule has 4 rings (SSSR count). The van der Waals surface area contributed by atoms with E-state index in [1.807, 2.05) is 0 Å². The van der Waals surface area contributed by atoms with Crippen molar-refractivity contribution < 1.29 is 34.2 Å². The number of nitrogens with one attached hydrogen (secondary N) is 1. The van der Waals surface area contributed by atoms with Gasteiger partial charge in [0.2, 0.25) is 5.78 Å². The number of hydrogen-bond donors (Lipinski definition) is 2. The van der Waals surface area contributed by atoms with Gasteiger partial charge in [0.1, 0.15) is 24.6 Å². The lowest BCUT2D eigenvalue weighted by atomic mass is 9.94. The summed E-state index contributed by atoms with van der Waals surface area (Å²) >= 11 is 0. The van der Waals surface area contributed by atoms with E-state index in [0.717, 1.165) is 13.1 Å². The molecule has 2 fully saturated rings. The molecule has 0 aliphatic carbocycles. The van der Waals surface area contributed by atoms with Gasteiger partial charge in [-0.25, -0.2) is 0 Å². The maximum Gasteiger partial charge on any atom is 0.295 e. The molecular formula is C25H28N2O6. The molecule has 1 amide bonds. The first-order valence-corrected chi connectivity index (χ1v) is 11.0. The predicted octanol–water partition coefficient (Wildman–Crippen LogP) is -0.152. The van der Waals surface area contributed by atoms with Crippen LogP contribution in [0, 0.1) is 6.92 Å². The van der Waals surface area contributed by atoms with Gasteiger partial charge in [-0.3, -0.25) is 9.59 Å². The van der Waals surface area contributed by atoms with Crippen LogP contribution in [0.1, 0.15) is 22.7 Å². The zero-order chi connectivity index (χ0) is 23.5. The second-order valence-corrected chi connectivity index (χ2v) is 8.36. The molecule has 0 bridgehead atoms. The van der Waals surface area contributed by atoms with Crippen LogP contribution in [0.25, 0.3) is 5.76 Å². The van der Waals surface area contributed by atoms with E-state index in [1.54, 1.807) is 44.4 Å². The van der Waals surface area contributed by atoms with Crippen LogP contribution in [-0.4, -0.2) is 68.2 Å². The van der Waals surface area contributed by atoms with Crippen molar-refractivity contribution in [3.8, 4) is 11.5 Å². The van der Waals surface area contributed by atoms with Crippen LogP contribution in [-0.2, 0) is 14.3 Å². The molecule has 2 aliphatic rings. The minimum absolute atomic E-state index is 0.0593. The van der Waals surface area contributed by atoms with Crippen LogP contribution in [0.15, 0.2) is 48.0 Å². The van der Waals surface area contributed by atoms with Crippen LogP contribution in [0.3, 0.4) is 0 Å². The number of amides is 1. The molecule has 33 heavy (non-hydrogen) atoms. The molecular weight excluding hydrogens is 424 g/mol. The number of Topliss-reactive ketones (excluding diaryl/α,β-unsaturated/α-hetero) is 1. The van der Waals surface area contributed by atoms with Gasteiger partial charge in [-0.2, -0.15) is 0 Å². The van der Waals surface area contributed by atoms with E-state index >= 15 is 0 Å². The van der Waals surface area contributed by atoms with E-state index in [9.17, 15) is 19.8 Å². The van der Waals surface area contributed by atoms with Crippen LogP contribution in [0.5, 0.6) is 11.5 Å². The summed E-state index contributed by atoms with van der Waals surface area (Å²) in [6.45, 7) is 5.75. The van der Waals surface area contributed by atoms with Crippen molar-refractivity contribution in [3.05, 3.63) is 64.7 Å². The third-order valence-electron chi connectivity index (χ3n) is 6.32. The monoisotopic (exact) mass is 452 g/mol. The molecule has 1 atom stereocenters. The average Bonchev–Trinajstić information content (AvgIpc) is 3.08. The number of quaternary nitrogens is 1. The number of nitrogens with zero attached hydrogens (tertiary/aromatic N) is 1. The quantitative estimate of drug-likeness (QED) is 0.359. The number of phenols is 1. The van der Waals surface area contributed by atoms with E-state index < -0.39 is 23.5 Å². The van der Waals surface area contributed by atoms with Crippen LogP contribution in [0.4, 0.5) is 0 Å². The molecule has 1 unspecified atom stereocenters. The number of hydrogen-bond acceptors (Lipinski definition) is 6. The Morgan fingerprint density at radius 2 is 1.88 bits per heavy atom. The van der Waals surface area contributed by atoms with Gasteiger partial charge in [0.25, 0.3) is 5.91 Å². The van der Waals surface area contributed by atoms with Crippen LogP contribution >= 0.6 is 0 Å². The standard InChI is InChI=1S/C25H28N2O6/c1-16-15-19(32-2)7-8-20(16)23(29)21-22(17-3-5-18(28)6-4-17)27(25(31)24(21)30)10-9-26-11-13-33-14-12-26/h3-8,15,22,28-29H,9-14H2,1-2H3/b23-21+. The lowest BCUT2D eigenvalue weighted by Gasteiger charge is -2.30. The summed E-state index contributed by atoms with van der Waals surface area (Å²) in [5.74, 6) is -1.24. The Hall–Kier alpha value is -3.36. The first-order valence-electron chi connectivity index (χ1n) is 11.0. The second-order valence-electron chi connectivity index (χ2n) is 8.36. The lowest BCUT2D eigenvalue weighted by molar-refractivity contribution is -0.907. The molecule has 2 N–H and O–H groups in total. The van der Waals surface area contributed by atoms with Gasteiger partial charge in [-0.1, -0.05) is 24.0 Å². The van der Waals surface area contributed by atoms with Gasteiger partial charge < -0.3 is 29.5 Å². The number of aryl methyl sites for hydroxylation is 1. The molecule has 2 saturated heterocycles. The van der Waals surface area contributed by atoms with Gasteiger partial charge in [-0.15, -0.1) is 0 Å². The summed E-state index contributed by atoms with van der Waals surface area (Å²) in [5, 5.41) is 23.3. The largest absolute Gasteiger partial charge is 0.872 e. The Labute approximate surface area is 192 Å². The number of aromatic hydroxyl groups is 1. The molecule has 2 aliphatic heterocycles. The van der Waals surface area contributed by atoms with Gasteiger partial charge >= 0.3 is 0 Å². The number of likely N-dealkylation sites (tertiary alicyclic amines) is 1. The highest BCUT2D eigenvalue weighted by molar-refractivity contribution is 6.46. The highest BCUT2D eigenvalue weighted by Gasteiger charge is 2.44. The number of ketones is 1. The highest BCUT2D eigenvalue weighted by Crippen LogP contribution is 2.39. The van der Waals surface area contributed by atoms with Crippen molar-refractivity contribution in [2.75, 3.05) is 46.5 Å². The van der Waals surface area contributed by atoms with E-state index in [0.29, 0.717) is 48.7 Å². The van der Waals surface area contributed by atoms with Crippen molar-refractivity contribution in [1.82, 2.24) is 4.90 Å². The molecule has 2 heterocycles. The van der Waals surface area contributed by atoms with Crippen molar-refractivity contribution in [3.63, 3.8) is 0 Å². The summed E-state index contributed by atoms with van der Waals surface area (Å²) in [6, 6.07) is 10.5. The minimum Gasteiger partial charge on any atom is -0.872 e. The topological polar surface area (TPSA) is 104 Å². The second kappa shape index (κ2) is 9.64. The van der Waals surface area contributed by atoms with Gasteiger partial charge in [0.05, 0.1) is 39.5 Å². The first-order chi connectivity index (χ1) is 15.9. The summed E-state index contributed by atoms with van der Waals surface area (Å²) in [5.41, 5.74) is 1.57. The van der Waals surface area contributed by atoms with Gasteiger partial charge in [-0.05, 0) is 47.9 Å². The number of carbonyl (C=O) groups excluding carboxylic acids is 2. The Morgan fingerprint density at radius 3 is 2.52 bits per heavy atom. The normalized spacial score (nSPS) is 20.9. The number of carbonyl (C=O) groups is 2. The zero-order valence-corrected chi connectivity index (χ0v) is 18.8. The Bertz CT molecular complexity index is 1070. The number of phenolic OH excluding ortho intramolecular Hbond substituents is 1. The fourth-order valence-corrected chi connectivity index (χ4v) is 4.46. The smallest absolute Gasteiger partial charge is 0.295 e. The van der Waals surface area contributed by atoms with Crippen molar-refractivity contribution in [2.45, 2.75) is 13.0 Å². The van der Waals surface area contributed by atoms with Crippen LogP contribution in [0.2, 0.25) is 0 Å². The van der Waals surface area contributed by atoms with Crippen molar-refractivity contribution in [2.24, 2.45) is 0 Å². The summed E-state index contributed by atoms with van der Waals surface area (Å²) in [4.78, 5) is 29.0. The number of methoxy groups -OCH3 is 1. The zero-order valence-electron chi connectivity index (χ0n) is 18.8. The Morgan fingerprint density at radius 1 is 1.18 bits per heavy atom. The fraction of sp³-hybridized carbons (Fsp3) is 0.360. The number of ether oxygens (including phenoxy) is 2.